The molecule has 0 saturated carbocycles. The van der Waals surface area contributed by atoms with E-state index in [4.69, 9.17) is 0 Å². The van der Waals surface area contributed by atoms with E-state index in [9.17, 15) is 22.8 Å². The number of halogens is 3. The van der Waals surface area contributed by atoms with Gasteiger partial charge in [-0.05, 0) is 37.3 Å². The summed E-state index contributed by atoms with van der Waals surface area (Å²) in [6, 6.07) is 2.46. The fourth-order valence-corrected chi connectivity index (χ4v) is 3.52. The number of likely N-dealkylation sites (tertiary alicyclic amines) is 1. The number of nitrogens with zero attached hydrogens (tertiary/aromatic N) is 3. The SMILES string of the molecule is O=C(NCC(F)(F)F)C1CCCN1C(=O)NCc1ccc(N2CCCC2)nc1. The molecule has 154 valence electrons. The Balaban J connectivity index is 1.50. The molecule has 3 amide bonds. The average Bonchev–Trinajstić information content (AvgIpc) is 3.35. The van der Waals surface area contributed by atoms with Gasteiger partial charge in [0.15, 0.2) is 0 Å². The van der Waals surface area contributed by atoms with Crippen LogP contribution in [0.15, 0.2) is 18.3 Å². The van der Waals surface area contributed by atoms with Crippen LogP contribution in [0.1, 0.15) is 31.2 Å². The van der Waals surface area contributed by atoms with Crippen molar-refractivity contribution in [3.8, 4) is 0 Å². The van der Waals surface area contributed by atoms with Gasteiger partial charge in [-0.2, -0.15) is 13.2 Å². The summed E-state index contributed by atoms with van der Waals surface area (Å²) in [5.74, 6) is 0.134. The minimum atomic E-state index is -4.48. The van der Waals surface area contributed by atoms with Gasteiger partial charge in [0.2, 0.25) is 5.91 Å². The first-order valence-corrected chi connectivity index (χ1v) is 9.42. The molecule has 1 atom stereocenters. The van der Waals surface area contributed by atoms with Crippen LogP contribution in [0.5, 0.6) is 0 Å². The third-order valence-corrected chi connectivity index (χ3v) is 4.96. The van der Waals surface area contributed by atoms with Crippen LogP contribution in [-0.2, 0) is 11.3 Å². The maximum atomic E-state index is 12.4. The zero-order chi connectivity index (χ0) is 20.1. The van der Waals surface area contributed by atoms with Gasteiger partial charge in [0.1, 0.15) is 18.4 Å². The van der Waals surface area contributed by atoms with Crippen LogP contribution in [0, 0.1) is 0 Å². The number of anilines is 1. The zero-order valence-electron chi connectivity index (χ0n) is 15.5. The lowest BCUT2D eigenvalue weighted by atomic mass is 10.2. The molecule has 0 radical (unpaired) electrons. The van der Waals surface area contributed by atoms with E-state index in [0.717, 1.165) is 37.3 Å². The summed E-state index contributed by atoms with van der Waals surface area (Å²) in [5.41, 5.74) is 0.813. The summed E-state index contributed by atoms with van der Waals surface area (Å²) in [6.45, 7) is 1.17. The van der Waals surface area contributed by atoms with Crippen molar-refractivity contribution in [1.82, 2.24) is 20.5 Å². The minimum absolute atomic E-state index is 0.236. The highest BCUT2D eigenvalue weighted by Crippen LogP contribution is 2.20. The molecule has 0 spiro atoms. The Morgan fingerprint density at radius 3 is 2.50 bits per heavy atom. The highest BCUT2D eigenvalue weighted by atomic mass is 19.4. The summed E-state index contributed by atoms with van der Waals surface area (Å²) in [5, 5.41) is 4.57. The quantitative estimate of drug-likeness (QED) is 0.794. The molecular formula is C18H24F3N5O2. The van der Waals surface area contributed by atoms with E-state index in [1.54, 1.807) is 6.20 Å². The molecule has 7 nitrogen and oxygen atoms in total. The van der Waals surface area contributed by atoms with Gasteiger partial charge in [0.25, 0.3) is 0 Å². The van der Waals surface area contributed by atoms with Crippen LogP contribution in [0.2, 0.25) is 0 Å². The smallest absolute Gasteiger partial charge is 0.357 e. The molecule has 0 aromatic carbocycles. The number of rotatable bonds is 5. The molecule has 2 N–H and O–H groups in total. The number of amides is 3. The zero-order valence-corrected chi connectivity index (χ0v) is 15.5. The number of hydrogen-bond acceptors (Lipinski definition) is 4. The van der Waals surface area contributed by atoms with Gasteiger partial charge in [0.05, 0.1) is 0 Å². The molecule has 1 aromatic heterocycles. The summed E-state index contributed by atoms with van der Waals surface area (Å²) < 4.78 is 36.8. The number of aromatic nitrogens is 1. The van der Waals surface area contributed by atoms with Crippen molar-refractivity contribution in [2.75, 3.05) is 31.1 Å². The molecule has 0 aliphatic carbocycles. The Morgan fingerprint density at radius 2 is 1.86 bits per heavy atom. The van der Waals surface area contributed by atoms with Gasteiger partial charge in [0, 0.05) is 32.4 Å². The van der Waals surface area contributed by atoms with E-state index < -0.39 is 30.7 Å². The predicted molar refractivity (Wildman–Crippen MR) is 96.7 cm³/mol. The van der Waals surface area contributed by atoms with Crippen LogP contribution in [-0.4, -0.2) is 60.2 Å². The molecule has 3 rings (SSSR count). The highest BCUT2D eigenvalue weighted by molar-refractivity contribution is 5.87. The van der Waals surface area contributed by atoms with Crippen LogP contribution in [0.4, 0.5) is 23.8 Å². The van der Waals surface area contributed by atoms with Crippen LogP contribution in [0.3, 0.4) is 0 Å². The fourth-order valence-electron chi connectivity index (χ4n) is 3.52. The van der Waals surface area contributed by atoms with Crippen LogP contribution < -0.4 is 15.5 Å². The highest BCUT2D eigenvalue weighted by Gasteiger charge is 2.36. The Hall–Kier alpha value is -2.52. The molecular weight excluding hydrogens is 375 g/mol. The summed E-state index contributed by atoms with van der Waals surface area (Å²) >= 11 is 0. The van der Waals surface area contributed by atoms with Gasteiger partial charge in [-0.3, -0.25) is 4.79 Å². The summed E-state index contributed by atoms with van der Waals surface area (Å²) in [6.07, 6.45) is 0.466. The van der Waals surface area contributed by atoms with Crippen molar-refractivity contribution in [2.45, 2.75) is 44.4 Å². The van der Waals surface area contributed by atoms with Gasteiger partial charge >= 0.3 is 12.2 Å². The third-order valence-electron chi connectivity index (χ3n) is 4.96. The van der Waals surface area contributed by atoms with Crippen molar-refractivity contribution in [2.24, 2.45) is 0 Å². The van der Waals surface area contributed by atoms with E-state index in [1.165, 1.54) is 4.90 Å². The van der Waals surface area contributed by atoms with E-state index in [2.05, 4.69) is 15.2 Å². The lowest BCUT2D eigenvalue weighted by molar-refractivity contribution is -0.140. The number of alkyl halides is 3. The minimum Gasteiger partial charge on any atom is -0.357 e. The third kappa shape index (κ3) is 5.26. The largest absolute Gasteiger partial charge is 0.405 e. The standard InChI is InChI=1S/C18H24F3N5O2/c19-18(20,21)12-24-16(27)14-4-3-9-26(14)17(28)23-11-13-5-6-15(22-10-13)25-7-1-2-8-25/h5-6,10,14H,1-4,7-9,11-12H2,(H,23,28)(H,24,27). The molecule has 2 aliphatic heterocycles. The number of carbonyl (C=O) groups is 2. The van der Waals surface area contributed by atoms with E-state index in [0.29, 0.717) is 19.4 Å². The maximum absolute atomic E-state index is 12.4. The van der Waals surface area contributed by atoms with E-state index >= 15 is 0 Å². The number of pyridine rings is 1. The number of carbonyl (C=O) groups excluding carboxylic acids is 2. The lowest BCUT2D eigenvalue weighted by Gasteiger charge is -2.24. The van der Waals surface area contributed by atoms with Crippen molar-refractivity contribution >= 4 is 17.8 Å². The van der Waals surface area contributed by atoms with Gasteiger partial charge < -0.3 is 20.4 Å². The second-order valence-corrected chi connectivity index (χ2v) is 7.06. The molecule has 0 bridgehead atoms. The second kappa shape index (κ2) is 8.66. The Kier molecular flexibility index (Phi) is 6.25. The first kappa shape index (κ1) is 20.2. The first-order valence-electron chi connectivity index (χ1n) is 9.42. The average molecular weight is 399 g/mol. The molecule has 10 heteroatoms. The lowest BCUT2D eigenvalue weighted by Crippen LogP contribution is -2.50. The topological polar surface area (TPSA) is 77.6 Å². The molecule has 1 unspecified atom stereocenters. The molecule has 2 fully saturated rings. The fraction of sp³-hybridized carbons (Fsp3) is 0.611. The van der Waals surface area contributed by atoms with Crippen LogP contribution in [0.25, 0.3) is 0 Å². The van der Waals surface area contributed by atoms with Crippen molar-refractivity contribution in [3.05, 3.63) is 23.9 Å². The molecule has 2 saturated heterocycles. The Bertz CT molecular complexity index is 689. The van der Waals surface area contributed by atoms with Crippen LogP contribution >= 0.6 is 0 Å². The number of hydrogen-bond donors (Lipinski definition) is 2. The monoisotopic (exact) mass is 399 g/mol. The normalized spacial score (nSPS) is 19.8. The van der Waals surface area contributed by atoms with Gasteiger partial charge in [-0.1, -0.05) is 6.07 Å². The van der Waals surface area contributed by atoms with E-state index in [1.807, 2.05) is 17.4 Å². The first-order chi connectivity index (χ1) is 13.3. The van der Waals surface area contributed by atoms with Gasteiger partial charge in [-0.15, -0.1) is 0 Å². The van der Waals surface area contributed by atoms with Crippen molar-refractivity contribution < 1.29 is 22.8 Å². The van der Waals surface area contributed by atoms with Crippen molar-refractivity contribution in [3.63, 3.8) is 0 Å². The summed E-state index contributed by atoms with van der Waals surface area (Å²) in [7, 11) is 0. The van der Waals surface area contributed by atoms with Gasteiger partial charge in [-0.25, -0.2) is 9.78 Å². The van der Waals surface area contributed by atoms with E-state index in [-0.39, 0.29) is 6.54 Å². The second-order valence-electron chi connectivity index (χ2n) is 7.06. The molecule has 3 heterocycles. The number of urea groups is 1. The van der Waals surface area contributed by atoms with Crippen molar-refractivity contribution in [1.29, 1.82) is 0 Å². The maximum Gasteiger partial charge on any atom is 0.405 e. The molecule has 1 aromatic rings. The molecule has 2 aliphatic rings. The number of nitrogens with one attached hydrogen (secondary N) is 2. The Labute approximate surface area is 161 Å². The summed E-state index contributed by atoms with van der Waals surface area (Å²) in [4.78, 5) is 32.3. The molecule has 28 heavy (non-hydrogen) atoms. The predicted octanol–water partition coefficient (Wildman–Crippen LogP) is 2.03. The Morgan fingerprint density at radius 1 is 1.11 bits per heavy atom.